The Labute approximate surface area is 86.3 Å². The average Bonchev–Trinajstić information content (AvgIpc) is 2.32. The number of hydrogen-bond acceptors (Lipinski definition) is 2. The van der Waals surface area contributed by atoms with Gasteiger partial charge in [-0.15, -0.1) is 0 Å². The van der Waals surface area contributed by atoms with E-state index in [-0.39, 0.29) is 5.78 Å². The lowest BCUT2D eigenvalue weighted by Crippen LogP contribution is -2.03. The van der Waals surface area contributed by atoms with Crippen molar-refractivity contribution >= 4 is 21.7 Å². The van der Waals surface area contributed by atoms with Crippen LogP contribution >= 0.6 is 15.9 Å². The summed E-state index contributed by atoms with van der Waals surface area (Å²) in [5, 5.41) is 4.19. The van der Waals surface area contributed by atoms with Gasteiger partial charge in [0, 0.05) is 18.0 Å². The molecule has 0 radical (unpaired) electrons. The van der Waals surface area contributed by atoms with Crippen LogP contribution in [0, 0.1) is 0 Å². The second-order valence-corrected chi connectivity index (χ2v) is 4.13. The Bertz CT molecular complexity index is 317. The Hall–Kier alpha value is -0.640. The van der Waals surface area contributed by atoms with Crippen molar-refractivity contribution in [3.05, 3.63) is 16.4 Å². The summed E-state index contributed by atoms with van der Waals surface area (Å²) >= 11 is 3.43. The summed E-state index contributed by atoms with van der Waals surface area (Å²) in [6.45, 7) is 5.68. The molecule has 0 amide bonds. The fourth-order valence-electron chi connectivity index (χ4n) is 1.13. The van der Waals surface area contributed by atoms with Gasteiger partial charge >= 0.3 is 0 Å². The highest BCUT2D eigenvalue weighted by Gasteiger charge is 2.11. The van der Waals surface area contributed by atoms with Crippen molar-refractivity contribution in [2.45, 2.75) is 33.2 Å². The summed E-state index contributed by atoms with van der Waals surface area (Å²) in [4.78, 5) is 10.9. The van der Waals surface area contributed by atoms with Gasteiger partial charge < -0.3 is 0 Å². The summed E-state index contributed by atoms with van der Waals surface area (Å²) in [6.07, 6.45) is 2.19. The monoisotopic (exact) mass is 244 g/mol. The van der Waals surface area contributed by atoms with Gasteiger partial charge in [0.2, 0.25) is 0 Å². The number of carbonyl (C=O) groups excluding carboxylic acids is 1. The maximum atomic E-state index is 10.9. The number of Topliss-reactive ketones (excluding diaryl/α,β-unsaturated/α-hetero) is 1. The average molecular weight is 245 g/mol. The molecule has 0 aliphatic rings. The summed E-state index contributed by atoms with van der Waals surface area (Å²) < 4.78 is 2.77. The minimum atomic E-state index is 0.156. The topological polar surface area (TPSA) is 34.9 Å². The fourth-order valence-corrected chi connectivity index (χ4v) is 1.87. The van der Waals surface area contributed by atoms with Crippen LogP contribution in [0.25, 0.3) is 0 Å². The van der Waals surface area contributed by atoms with E-state index in [1.165, 1.54) is 0 Å². The smallest absolute Gasteiger partial charge is 0.134 e. The molecule has 3 nitrogen and oxygen atoms in total. The standard InChI is InChI=1S/C9H13BrN2O/c1-6(2)12-9(10)8(5-11-12)4-7(3)13/h5-6H,4H2,1-3H3. The molecule has 0 unspecified atom stereocenters. The molecule has 0 aromatic carbocycles. The lowest BCUT2D eigenvalue weighted by Gasteiger charge is -2.06. The lowest BCUT2D eigenvalue weighted by molar-refractivity contribution is -0.116. The summed E-state index contributed by atoms with van der Waals surface area (Å²) in [6, 6.07) is 0.315. The molecule has 0 saturated heterocycles. The first-order chi connectivity index (χ1) is 6.02. The van der Waals surface area contributed by atoms with Crippen LogP contribution in [0.3, 0.4) is 0 Å². The van der Waals surface area contributed by atoms with E-state index in [1.807, 2.05) is 4.68 Å². The fraction of sp³-hybridized carbons (Fsp3) is 0.556. The van der Waals surface area contributed by atoms with Crippen molar-refractivity contribution in [3.63, 3.8) is 0 Å². The van der Waals surface area contributed by atoms with Crippen LogP contribution in [0.15, 0.2) is 10.8 Å². The Morgan fingerprint density at radius 1 is 1.69 bits per heavy atom. The van der Waals surface area contributed by atoms with Crippen molar-refractivity contribution < 1.29 is 4.79 Å². The number of nitrogens with zero attached hydrogens (tertiary/aromatic N) is 2. The van der Waals surface area contributed by atoms with Gasteiger partial charge in [-0.1, -0.05) is 0 Å². The van der Waals surface area contributed by atoms with E-state index in [4.69, 9.17) is 0 Å². The maximum Gasteiger partial charge on any atom is 0.134 e. The van der Waals surface area contributed by atoms with Crippen LogP contribution in [0.2, 0.25) is 0 Å². The Morgan fingerprint density at radius 2 is 2.31 bits per heavy atom. The van der Waals surface area contributed by atoms with Crippen molar-refractivity contribution in [2.24, 2.45) is 0 Å². The van der Waals surface area contributed by atoms with E-state index in [1.54, 1.807) is 13.1 Å². The Balaban J connectivity index is 2.92. The molecular weight excluding hydrogens is 232 g/mol. The van der Waals surface area contributed by atoms with E-state index < -0.39 is 0 Å². The first kappa shape index (κ1) is 10.4. The van der Waals surface area contributed by atoms with Crippen molar-refractivity contribution in [2.75, 3.05) is 0 Å². The van der Waals surface area contributed by atoms with Gasteiger partial charge in [0.25, 0.3) is 0 Å². The third-order valence-corrected chi connectivity index (χ3v) is 2.61. The molecule has 0 atom stereocenters. The van der Waals surface area contributed by atoms with Gasteiger partial charge in [-0.05, 0) is 36.7 Å². The molecule has 0 bridgehead atoms. The number of ketones is 1. The largest absolute Gasteiger partial charge is 0.300 e. The molecule has 1 rings (SSSR count). The minimum absolute atomic E-state index is 0.156. The zero-order valence-electron chi connectivity index (χ0n) is 8.04. The molecule has 1 aromatic rings. The number of hydrogen-bond donors (Lipinski definition) is 0. The van der Waals surface area contributed by atoms with Gasteiger partial charge in [-0.3, -0.25) is 9.48 Å². The molecule has 72 valence electrons. The highest BCUT2D eigenvalue weighted by Crippen LogP contribution is 2.20. The van der Waals surface area contributed by atoms with Gasteiger partial charge in [-0.2, -0.15) is 5.10 Å². The third-order valence-electron chi connectivity index (χ3n) is 1.73. The van der Waals surface area contributed by atoms with Crippen LogP contribution in [0.4, 0.5) is 0 Å². The van der Waals surface area contributed by atoms with Gasteiger partial charge in [0.05, 0.1) is 6.20 Å². The zero-order chi connectivity index (χ0) is 10.0. The van der Waals surface area contributed by atoms with E-state index in [0.717, 1.165) is 10.2 Å². The maximum absolute atomic E-state index is 10.9. The Morgan fingerprint density at radius 3 is 2.69 bits per heavy atom. The first-order valence-corrected chi connectivity index (χ1v) is 5.03. The van der Waals surface area contributed by atoms with Crippen molar-refractivity contribution in [3.8, 4) is 0 Å². The number of rotatable bonds is 3. The molecule has 4 heteroatoms. The summed E-state index contributed by atoms with van der Waals surface area (Å²) in [5.41, 5.74) is 0.959. The second kappa shape index (κ2) is 4.05. The molecule has 1 aromatic heterocycles. The molecule has 0 N–H and O–H groups in total. The molecular formula is C9H13BrN2O. The van der Waals surface area contributed by atoms with E-state index >= 15 is 0 Å². The van der Waals surface area contributed by atoms with Gasteiger partial charge in [0.15, 0.2) is 0 Å². The predicted molar refractivity (Wildman–Crippen MR) is 54.7 cm³/mol. The summed E-state index contributed by atoms with van der Waals surface area (Å²) in [5.74, 6) is 0.156. The highest BCUT2D eigenvalue weighted by molar-refractivity contribution is 9.10. The van der Waals surface area contributed by atoms with E-state index in [2.05, 4.69) is 34.9 Å². The molecule has 13 heavy (non-hydrogen) atoms. The quantitative estimate of drug-likeness (QED) is 0.819. The number of aromatic nitrogens is 2. The van der Waals surface area contributed by atoms with Crippen LogP contribution in [-0.2, 0) is 11.2 Å². The predicted octanol–water partition coefficient (Wildman–Crippen LogP) is 2.36. The second-order valence-electron chi connectivity index (χ2n) is 3.38. The highest BCUT2D eigenvalue weighted by atomic mass is 79.9. The van der Waals surface area contributed by atoms with Crippen molar-refractivity contribution in [1.82, 2.24) is 9.78 Å². The SMILES string of the molecule is CC(=O)Cc1cnn(C(C)C)c1Br. The molecule has 0 aliphatic carbocycles. The lowest BCUT2D eigenvalue weighted by atomic mass is 10.2. The summed E-state index contributed by atoms with van der Waals surface area (Å²) in [7, 11) is 0. The zero-order valence-corrected chi connectivity index (χ0v) is 9.63. The van der Waals surface area contributed by atoms with Crippen LogP contribution in [0.1, 0.15) is 32.4 Å². The minimum Gasteiger partial charge on any atom is -0.300 e. The van der Waals surface area contributed by atoms with Crippen LogP contribution < -0.4 is 0 Å². The van der Waals surface area contributed by atoms with Gasteiger partial charge in [0.1, 0.15) is 10.4 Å². The van der Waals surface area contributed by atoms with Crippen molar-refractivity contribution in [1.29, 1.82) is 0 Å². The molecule has 0 aliphatic heterocycles. The van der Waals surface area contributed by atoms with E-state index in [9.17, 15) is 4.79 Å². The van der Waals surface area contributed by atoms with Gasteiger partial charge in [-0.25, -0.2) is 0 Å². The Kier molecular flexibility index (Phi) is 3.25. The van der Waals surface area contributed by atoms with Crippen LogP contribution in [-0.4, -0.2) is 15.6 Å². The third kappa shape index (κ3) is 2.40. The van der Waals surface area contributed by atoms with Crippen LogP contribution in [0.5, 0.6) is 0 Å². The number of halogens is 1. The van der Waals surface area contributed by atoms with E-state index in [0.29, 0.717) is 12.5 Å². The molecule has 0 spiro atoms. The molecule has 0 fully saturated rings. The number of carbonyl (C=O) groups is 1. The normalized spacial score (nSPS) is 10.8. The molecule has 1 heterocycles. The molecule has 0 saturated carbocycles. The first-order valence-electron chi connectivity index (χ1n) is 4.23.